The molecule has 0 aliphatic rings. The van der Waals surface area contributed by atoms with Gasteiger partial charge in [-0.2, -0.15) is 0 Å². The number of halogens is 1. The van der Waals surface area contributed by atoms with Gasteiger partial charge in [0.25, 0.3) is 5.91 Å². The summed E-state index contributed by atoms with van der Waals surface area (Å²) in [6.45, 7) is 3.39. The number of benzene rings is 3. The number of aromatic nitrogens is 2. The Morgan fingerprint density at radius 1 is 1.00 bits per heavy atom. The van der Waals surface area contributed by atoms with Gasteiger partial charge in [-0.1, -0.05) is 28.1 Å². The van der Waals surface area contributed by atoms with Crippen LogP contribution in [0.4, 0.5) is 0 Å². The first kappa shape index (κ1) is 23.8. The van der Waals surface area contributed by atoms with Crippen LogP contribution >= 0.6 is 15.9 Å². The van der Waals surface area contributed by atoms with E-state index in [2.05, 4.69) is 31.9 Å². The Hall–Kier alpha value is -3.32. The van der Waals surface area contributed by atoms with Crippen molar-refractivity contribution in [3.05, 3.63) is 88.7 Å². The molecule has 4 aromatic rings. The number of hydrogen-bond acceptors (Lipinski definition) is 4. The van der Waals surface area contributed by atoms with E-state index >= 15 is 0 Å². The van der Waals surface area contributed by atoms with E-state index in [-0.39, 0.29) is 11.9 Å². The van der Waals surface area contributed by atoms with Gasteiger partial charge in [-0.3, -0.25) is 4.79 Å². The molecule has 0 spiro atoms. The van der Waals surface area contributed by atoms with E-state index < -0.39 is 0 Å². The second-order valence-electron chi connectivity index (χ2n) is 8.04. The van der Waals surface area contributed by atoms with Gasteiger partial charge in [0.2, 0.25) is 0 Å². The van der Waals surface area contributed by atoms with Gasteiger partial charge in [0.15, 0.2) is 0 Å². The maximum absolute atomic E-state index is 12.8. The number of unbranched alkanes of at least 4 members (excludes halogenated alkanes) is 1. The Kier molecular flexibility index (Phi) is 7.85. The largest absolute Gasteiger partial charge is 0.497 e. The van der Waals surface area contributed by atoms with Gasteiger partial charge in [0.05, 0.1) is 30.8 Å². The summed E-state index contributed by atoms with van der Waals surface area (Å²) in [5.41, 5.74) is 2.61. The maximum Gasteiger partial charge on any atom is 0.251 e. The third kappa shape index (κ3) is 5.78. The number of carbonyl (C=O) groups is 1. The van der Waals surface area contributed by atoms with E-state index in [9.17, 15) is 4.79 Å². The van der Waals surface area contributed by atoms with Crippen molar-refractivity contribution in [2.45, 2.75) is 32.4 Å². The zero-order chi connectivity index (χ0) is 23.9. The first-order chi connectivity index (χ1) is 16.5. The van der Waals surface area contributed by atoms with Crippen molar-refractivity contribution in [2.24, 2.45) is 0 Å². The third-order valence-electron chi connectivity index (χ3n) is 5.63. The Bertz CT molecular complexity index is 1240. The maximum atomic E-state index is 12.8. The lowest BCUT2D eigenvalue weighted by Crippen LogP contribution is -2.28. The van der Waals surface area contributed by atoms with E-state index in [4.69, 9.17) is 14.5 Å². The number of nitrogens with one attached hydrogen (secondary N) is 1. The summed E-state index contributed by atoms with van der Waals surface area (Å²) in [7, 11) is 1.65. The van der Waals surface area contributed by atoms with Crippen LogP contribution < -0.4 is 14.8 Å². The number of nitrogens with zero attached hydrogens (tertiary/aromatic N) is 2. The third-order valence-corrected chi connectivity index (χ3v) is 6.16. The van der Waals surface area contributed by atoms with Crippen molar-refractivity contribution in [3.63, 3.8) is 0 Å². The number of hydrogen-bond donors (Lipinski definition) is 1. The average Bonchev–Trinajstić information content (AvgIpc) is 3.23. The monoisotopic (exact) mass is 521 g/mol. The van der Waals surface area contributed by atoms with E-state index in [1.807, 2.05) is 61.5 Å². The molecular formula is C27H28BrN3O3. The number of para-hydroxylation sites is 2. The highest BCUT2D eigenvalue weighted by Crippen LogP contribution is 2.23. The molecule has 1 N–H and O–H groups in total. The summed E-state index contributed by atoms with van der Waals surface area (Å²) in [6.07, 6.45) is 1.83. The predicted octanol–water partition coefficient (Wildman–Crippen LogP) is 6.16. The van der Waals surface area contributed by atoms with Gasteiger partial charge in [0.1, 0.15) is 17.3 Å². The van der Waals surface area contributed by atoms with Crippen molar-refractivity contribution in [1.82, 2.24) is 14.9 Å². The molecule has 3 aromatic carbocycles. The SMILES string of the molecule is COc1ccc(OCCCCn2c(C(C)NC(=O)c3ccc(Br)cc3)nc3ccccc32)cc1. The number of rotatable bonds is 10. The molecule has 1 unspecified atom stereocenters. The molecule has 4 rings (SSSR count). The van der Waals surface area contributed by atoms with Crippen LogP contribution in [0.5, 0.6) is 11.5 Å². The fourth-order valence-corrected chi connectivity index (χ4v) is 4.10. The van der Waals surface area contributed by atoms with Crippen LogP contribution in [0.2, 0.25) is 0 Å². The molecule has 1 heterocycles. The zero-order valence-electron chi connectivity index (χ0n) is 19.3. The van der Waals surface area contributed by atoms with Crippen molar-refractivity contribution in [1.29, 1.82) is 0 Å². The molecule has 0 bridgehead atoms. The second kappa shape index (κ2) is 11.2. The summed E-state index contributed by atoms with van der Waals surface area (Å²) in [5, 5.41) is 3.09. The van der Waals surface area contributed by atoms with Gasteiger partial charge in [-0.05, 0) is 80.4 Å². The molecule has 6 nitrogen and oxygen atoms in total. The van der Waals surface area contributed by atoms with E-state index in [0.717, 1.165) is 52.2 Å². The van der Waals surface area contributed by atoms with Gasteiger partial charge in [0, 0.05) is 16.6 Å². The zero-order valence-corrected chi connectivity index (χ0v) is 20.9. The van der Waals surface area contributed by atoms with Gasteiger partial charge >= 0.3 is 0 Å². The predicted molar refractivity (Wildman–Crippen MR) is 137 cm³/mol. The van der Waals surface area contributed by atoms with Crippen LogP contribution in [0.1, 0.15) is 42.0 Å². The number of fused-ring (bicyclic) bond motifs is 1. The summed E-state index contributed by atoms with van der Waals surface area (Å²) in [5.74, 6) is 2.38. The summed E-state index contributed by atoms with van der Waals surface area (Å²) >= 11 is 3.41. The van der Waals surface area contributed by atoms with Crippen molar-refractivity contribution < 1.29 is 14.3 Å². The number of carbonyl (C=O) groups excluding carboxylic acids is 1. The molecule has 0 saturated carbocycles. The first-order valence-corrected chi connectivity index (χ1v) is 12.1. The normalized spacial score (nSPS) is 11.9. The van der Waals surface area contributed by atoms with E-state index in [1.54, 1.807) is 19.2 Å². The van der Waals surface area contributed by atoms with Gasteiger partial charge in [-0.25, -0.2) is 4.98 Å². The Morgan fingerprint density at radius 3 is 2.44 bits per heavy atom. The highest BCUT2D eigenvalue weighted by molar-refractivity contribution is 9.10. The molecule has 1 amide bonds. The molecule has 0 aliphatic carbocycles. The van der Waals surface area contributed by atoms with Crippen molar-refractivity contribution in [2.75, 3.05) is 13.7 Å². The first-order valence-electron chi connectivity index (χ1n) is 11.3. The fraction of sp³-hybridized carbons (Fsp3) is 0.259. The molecule has 34 heavy (non-hydrogen) atoms. The lowest BCUT2D eigenvalue weighted by atomic mass is 10.2. The Morgan fingerprint density at radius 2 is 1.71 bits per heavy atom. The number of amides is 1. The minimum atomic E-state index is -0.237. The smallest absolute Gasteiger partial charge is 0.251 e. The molecule has 1 aromatic heterocycles. The van der Waals surface area contributed by atoms with Gasteiger partial charge in [-0.15, -0.1) is 0 Å². The average molecular weight is 522 g/mol. The minimum Gasteiger partial charge on any atom is -0.497 e. The lowest BCUT2D eigenvalue weighted by molar-refractivity contribution is 0.0937. The van der Waals surface area contributed by atoms with Crippen LogP contribution in [0.15, 0.2) is 77.3 Å². The summed E-state index contributed by atoms with van der Waals surface area (Å²) in [4.78, 5) is 17.6. The number of methoxy groups -OCH3 is 1. The summed E-state index contributed by atoms with van der Waals surface area (Å²) in [6, 6.07) is 22.8. The molecule has 176 valence electrons. The van der Waals surface area contributed by atoms with E-state index in [1.165, 1.54) is 0 Å². The minimum absolute atomic E-state index is 0.119. The summed E-state index contributed by atoms with van der Waals surface area (Å²) < 4.78 is 14.2. The molecule has 0 aliphatic heterocycles. The molecule has 0 radical (unpaired) electrons. The molecule has 1 atom stereocenters. The van der Waals surface area contributed by atoms with Crippen LogP contribution in [-0.2, 0) is 6.54 Å². The Balaban J connectivity index is 1.40. The number of aryl methyl sites for hydroxylation is 1. The van der Waals surface area contributed by atoms with Crippen molar-refractivity contribution in [3.8, 4) is 11.5 Å². The highest BCUT2D eigenvalue weighted by atomic mass is 79.9. The topological polar surface area (TPSA) is 65.4 Å². The van der Waals surface area contributed by atoms with Crippen LogP contribution in [-0.4, -0.2) is 29.2 Å². The molecule has 0 saturated heterocycles. The number of ether oxygens (including phenoxy) is 2. The quantitative estimate of drug-likeness (QED) is 0.254. The molecular weight excluding hydrogens is 494 g/mol. The fourth-order valence-electron chi connectivity index (χ4n) is 3.84. The van der Waals surface area contributed by atoms with Crippen molar-refractivity contribution >= 4 is 32.9 Å². The van der Waals surface area contributed by atoms with Crippen LogP contribution in [0, 0.1) is 0 Å². The second-order valence-corrected chi connectivity index (χ2v) is 8.96. The molecule has 0 fully saturated rings. The lowest BCUT2D eigenvalue weighted by Gasteiger charge is -2.17. The van der Waals surface area contributed by atoms with Gasteiger partial charge < -0.3 is 19.4 Å². The van der Waals surface area contributed by atoms with Crippen LogP contribution in [0.3, 0.4) is 0 Å². The standard InChI is InChI=1S/C27H28BrN3O3/c1-19(29-27(32)20-9-11-21(28)12-10-20)26-30-24-7-3-4-8-25(24)31(26)17-5-6-18-34-23-15-13-22(33-2)14-16-23/h3-4,7-16,19H,5-6,17-18H2,1-2H3,(H,29,32). The molecule has 7 heteroatoms. The Labute approximate surface area is 208 Å². The number of imidazole rings is 1. The van der Waals surface area contributed by atoms with E-state index in [0.29, 0.717) is 12.2 Å². The highest BCUT2D eigenvalue weighted by Gasteiger charge is 2.19. The van der Waals surface area contributed by atoms with Crippen LogP contribution in [0.25, 0.3) is 11.0 Å².